The maximum atomic E-state index is 13.1. The molecule has 1 N–H and O–H groups in total. The summed E-state index contributed by atoms with van der Waals surface area (Å²) in [4.78, 5) is 22.4. The zero-order valence-electron chi connectivity index (χ0n) is 17.2. The van der Waals surface area contributed by atoms with Crippen molar-refractivity contribution in [1.29, 1.82) is 0 Å². The summed E-state index contributed by atoms with van der Waals surface area (Å²) in [5.74, 6) is -0.698. The van der Waals surface area contributed by atoms with Crippen LogP contribution in [0.1, 0.15) is 28.3 Å². The minimum Gasteiger partial charge on any atom is -0.321 e. The zero-order chi connectivity index (χ0) is 23.8. The minimum atomic E-state index is -5.02. The Labute approximate surface area is 184 Å². The number of nitrogens with one attached hydrogen (secondary N) is 1. The first-order chi connectivity index (χ1) is 14.9. The van der Waals surface area contributed by atoms with Crippen molar-refractivity contribution in [2.24, 2.45) is 0 Å². The summed E-state index contributed by atoms with van der Waals surface area (Å²) in [6, 6.07) is 7.16. The Morgan fingerprint density at radius 3 is 2.28 bits per heavy atom. The number of anilines is 1. The van der Waals surface area contributed by atoms with Crippen LogP contribution in [-0.4, -0.2) is 30.4 Å². The molecule has 32 heavy (non-hydrogen) atoms. The van der Waals surface area contributed by atoms with Gasteiger partial charge in [0, 0.05) is 5.02 Å². The van der Waals surface area contributed by atoms with Gasteiger partial charge in [-0.15, -0.1) is 0 Å². The predicted molar refractivity (Wildman–Crippen MR) is 110 cm³/mol. The number of carbonyl (C=O) groups is 1. The molecule has 0 fully saturated rings. The van der Waals surface area contributed by atoms with Gasteiger partial charge in [-0.1, -0.05) is 23.7 Å². The van der Waals surface area contributed by atoms with Crippen LogP contribution in [0.25, 0.3) is 0 Å². The molecule has 0 spiro atoms. The van der Waals surface area contributed by atoms with E-state index in [1.807, 2.05) is 12.1 Å². The van der Waals surface area contributed by atoms with Crippen LogP contribution in [0, 0.1) is 30.9 Å². The summed E-state index contributed by atoms with van der Waals surface area (Å²) in [5.41, 5.74) is -0.723. The van der Waals surface area contributed by atoms with Crippen LogP contribution in [-0.2, 0) is 24.1 Å². The fourth-order valence-corrected chi connectivity index (χ4v) is 3.34. The van der Waals surface area contributed by atoms with E-state index in [1.165, 1.54) is 0 Å². The molecular weight excluding hydrogens is 453 g/mol. The van der Waals surface area contributed by atoms with E-state index in [1.54, 1.807) is 30.7 Å². The number of alkyl halides is 3. The van der Waals surface area contributed by atoms with Crippen molar-refractivity contribution in [1.82, 2.24) is 19.6 Å². The largest absolute Gasteiger partial charge is 0.442 e. The summed E-state index contributed by atoms with van der Waals surface area (Å²) < 4.78 is 41.6. The third-order valence-corrected chi connectivity index (χ3v) is 5.06. The van der Waals surface area contributed by atoms with Gasteiger partial charge in [-0.3, -0.25) is 24.3 Å². The zero-order valence-corrected chi connectivity index (χ0v) is 18.0. The van der Waals surface area contributed by atoms with Gasteiger partial charge in [0.15, 0.2) is 0 Å². The Hall–Kier alpha value is -3.41. The second-order valence-electron chi connectivity index (χ2n) is 7.07. The minimum absolute atomic E-state index is 0.371. The molecule has 1 amide bonds. The molecule has 9 nitrogen and oxygen atoms in total. The average Bonchev–Trinajstić information content (AvgIpc) is 3.15. The van der Waals surface area contributed by atoms with E-state index in [0.29, 0.717) is 33.3 Å². The van der Waals surface area contributed by atoms with Gasteiger partial charge in [0.05, 0.1) is 28.5 Å². The SMILES string of the molecule is Cc1nn(Cc2ccc(Cl)cc2)c(C)c1NC(=O)Cn1nc(C(F)(F)F)c([N+](=O)[O-])c1C. The summed E-state index contributed by atoms with van der Waals surface area (Å²) in [7, 11) is 0. The maximum absolute atomic E-state index is 13.1. The molecular formula is C19H18ClF3N6O3. The number of rotatable bonds is 6. The van der Waals surface area contributed by atoms with E-state index in [9.17, 15) is 28.1 Å². The van der Waals surface area contributed by atoms with Crippen molar-refractivity contribution in [2.45, 2.75) is 40.0 Å². The summed E-state index contributed by atoms with van der Waals surface area (Å²) in [6.07, 6.45) is -5.02. The first-order valence-electron chi connectivity index (χ1n) is 9.25. The number of aromatic nitrogens is 4. The van der Waals surface area contributed by atoms with E-state index in [-0.39, 0.29) is 5.69 Å². The van der Waals surface area contributed by atoms with Crippen LogP contribution in [0.2, 0.25) is 5.02 Å². The van der Waals surface area contributed by atoms with Gasteiger partial charge in [-0.25, -0.2) is 0 Å². The van der Waals surface area contributed by atoms with Crippen LogP contribution in [0.15, 0.2) is 24.3 Å². The van der Waals surface area contributed by atoms with Crippen molar-refractivity contribution in [3.05, 3.63) is 67.7 Å². The number of nitrogens with zero attached hydrogens (tertiary/aromatic N) is 5. The maximum Gasteiger partial charge on any atom is 0.442 e. The highest BCUT2D eigenvalue weighted by Crippen LogP contribution is 2.37. The van der Waals surface area contributed by atoms with Crippen LogP contribution >= 0.6 is 11.6 Å². The fourth-order valence-electron chi connectivity index (χ4n) is 3.21. The molecule has 0 aliphatic rings. The van der Waals surface area contributed by atoms with Crippen molar-refractivity contribution in [3.8, 4) is 0 Å². The van der Waals surface area contributed by atoms with E-state index in [2.05, 4.69) is 15.5 Å². The van der Waals surface area contributed by atoms with Crippen molar-refractivity contribution < 1.29 is 22.9 Å². The molecule has 0 unspecified atom stereocenters. The molecule has 0 saturated carbocycles. The lowest BCUT2D eigenvalue weighted by atomic mass is 10.2. The van der Waals surface area contributed by atoms with Crippen LogP contribution in [0.4, 0.5) is 24.5 Å². The lowest BCUT2D eigenvalue weighted by Gasteiger charge is -2.08. The van der Waals surface area contributed by atoms with E-state index >= 15 is 0 Å². The van der Waals surface area contributed by atoms with Crippen LogP contribution in [0.5, 0.6) is 0 Å². The molecule has 170 valence electrons. The standard InChI is InChI=1S/C19H18ClF3N6O3/c1-10-16(11(2)27(25-10)8-13-4-6-14(20)7-5-13)24-15(30)9-28-12(3)17(29(31)32)18(26-28)19(21,22)23/h4-7H,8-9H2,1-3H3,(H,24,30). The highest BCUT2D eigenvalue weighted by Gasteiger charge is 2.44. The van der Waals surface area contributed by atoms with Gasteiger partial charge in [0.1, 0.15) is 12.2 Å². The molecule has 0 bridgehead atoms. The van der Waals surface area contributed by atoms with Gasteiger partial charge in [0.2, 0.25) is 11.6 Å². The fraction of sp³-hybridized carbons (Fsp3) is 0.316. The topological polar surface area (TPSA) is 108 Å². The van der Waals surface area contributed by atoms with Crippen molar-refractivity contribution in [3.63, 3.8) is 0 Å². The number of nitro groups is 1. The molecule has 1 aromatic carbocycles. The third-order valence-electron chi connectivity index (χ3n) is 4.81. The Balaban J connectivity index is 1.81. The number of hydrogen-bond donors (Lipinski definition) is 1. The summed E-state index contributed by atoms with van der Waals surface area (Å²) >= 11 is 5.89. The molecule has 3 rings (SSSR count). The molecule has 2 aromatic heterocycles. The van der Waals surface area contributed by atoms with Gasteiger partial charge >= 0.3 is 11.9 Å². The number of benzene rings is 1. The Bertz CT molecular complexity index is 1180. The molecule has 0 atom stereocenters. The lowest BCUT2D eigenvalue weighted by Crippen LogP contribution is -2.21. The number of aryl methyl sites for hydroxylation is 1. The Morgan fingerprint density at radius 2 is 1.75 bits per heavy atom. The van der Waals surface area contributed by atoms with E-state index in [0.717, 1.165) is 12.5 Å². The molecule has 13 heteroatoms. The third kappa shape index (κ3) is 4.74. The lowest BCUT2D eigenvalue weighted by molar-refractivity contribution is -0.388. The van der Waals surface area contributed by atoms with E-state index < -0.39 is 34.9 Å². The molecule has 0 saturated heterocycles. The monoisotopic (exact) mass is 470 g/mol. The summed E-state index contributed by atoms with van der Waals surface area (Å²) in [6.45, 7) is 4.29. The Kier molecular flexibility index (Phi) is 6.26. The van der Waals surface area contributed by atoms with Gasteiger partial charge in [-0.05, 0) is 38.5 Å². The van der Waals surface area contributed by atoms with Crippen molar-refractivity contribution >= 4 is 28.9 Å². The van der Waals surface area contributed by atoms with Crippen molar-refractivity contribution in [2.75, 3.05) is 5.32 Å². The molecule has 0 aliphatic heterocycles. The second kappa shape index (κ2) is 8.61. The number of amides is 1. The predicted octanol–water partition coefficient (Wildman–Crippen LogP) is 4.27. The second-order valence-corrected chi connectivity index (χ2v) is 7.51. The Morgan fingerprint density at radius 1 is 1.12 bits per heavy atom. The molecule has 3 aromatic rings. The molecule has 0 aliphatic carbocycles. The normalized spacial score (nSPS) is 11.6. The number of hydrogen-bond acceptors (Lipinski definition) is 5. The van der Waals surface area contributed by atoms with Crippen LogP contribution < -0.4 is 5.32 Å². The average molecular weight is 471 g/mol. The number of halogens is 4. The van der Waals surface area contributed by atoms with Gasteiger partial charge < -0.3 is 5.32 Å². The highest BCUT2D eigenvalue weighted by atomic mass is 35.5. The smallest absolute Gasteiger partial charge is 0.321 e. The first-order valence-corrected chi connectivity index (χ1v) is 9.63. The van der Waals surface area contributed by atoms with Gasteiger partial charge in [-0.2, -0.15) is 23.4 Å². The quantitative estimate of drug-likeness (QED) is 0.427. The first kappa shape index (κ1) is 23.3. The van der Waals surface area contributed by atoms with Crippen LogP contribution in [0.3, 0.4) is 0 Å². The summed E-state index contributed by atoms with van der Waals surface area (Å²) in [5, 5.41) is 21.9. The highest BCUT2D eigenvalue weighted by molar-refractivity contribution is 6.30. The number of carbonyl (C=O) groups excluding carboxylic acids is 1. The molecule has 0 radical (unpaired) electrons. The van der Waals surface area contributed by atoms with E-state index in [4.69, 9.17) is 11.6 Å². The van der Waals surface area contributed by atoms with Gasteiger partial charge in [0.25, 0.3) is 0 Å². The molecule has 2 heterocycles.